The highest BCUT2D eigenvalue weighted by molar-refractivity contribution is 6.33. The van der Waals surface area contributed by atoms with E-state index in [1.54, 1.807) is 0 Å². The molecule has 0 saturated carbocycles. The standard InChI is InChI=1S/C3HClF5N/c4-2(5,6)1(10)3(7,8)9/h10H. The molecule has 1 nitrogen and oxygen atoms in total. The Balaban J connectivity index is 4.40. The van der Waals surface area contributed by atoms with Gasteiger partial charge in [-0.1, -0.05) is 0 Å². The molecule has 0 aromatic heterocycles. The number of hydrogen-bond donors (Lipinski definition) is 1. The normalized spacial score (nSPS) is 13.4. The van der Waals surface area contributed by atoms with Crippen LogP contribution in [0.25, 0.3) is 0 Å². The van der Waals surface area contributed by atoms with Crippen molar-refractivity contribution in [1.29, 1.82) is 5.41 Å². The van der Waals surface area contributed by atoms with Gasteiger partial charge in [0, 0.05) is 0 Å². The highest BCUT2D eigenvalue weighted by Crippen LogP contribution is 2.30. The molecule has 10 heavy (non-hydrogen) atoms. The fraction of sp³-hybridized carbons (Fsp3) is 0.667. The molecule has 0 aliphatic heterocycles. The minimum absolute atomic E-state index is 2.75. The Hall–Kier alpha value is -0.390. The van der Waals surface area contributed by atoms with Crippen LogP contribution in [-0.2, 0) is 0 Å². The van der Waals surface area contributed by atoms with Crippen LogP contribution in [-0.4, -0.2) is 17.3 Å². The van der Waals surface area contributed by atoms with Crippen molar-refractivity contribution in [2.75, 3.05) is 0 Å². The first-order valence-corrected chi connectivity index (χ1v) is 2.26. The highest BCUT2D eigenvalue weighted by atomic mass is 35.5. The maximum absolute atomic E-state index is 11.4. The van der Waals surface area contributed by atoms with Crippen LogP contribution in [0.3, 0.4) is 0 Å². The zero-order chi connectivity index (χ0) is 8.58. The first-order valence-electron chi connectivity index (χ1n) is 1.88. The van der Waals surface area contributed by atoms with Crippen molar-refractivity contribution >= 4 is 17.3 Å². The molecule has 0 unspecified atom stereocenters. The van der Waals surface area contributed by atoms with Gasteiger partial charge in [0.2, 0.25) is 0 Å². The van der Waals surface area contributed by atoms with Crippen molar-refractivity contribution in [3.05, 3.63) is 0 Å². The second kappa shape index (κ2) is 2.34. The monoisotopic (exact) mass is 181 g/mol. The Morgan fingerprint density at radius 3 is 1.40 bits per heavy atom. The predicted octanol–water partition coefficient (Wildman–Crippen LogP) is 2.40. The first kappa shape index (κ1) is 9.61. The van der Waals surface area contributed by atoms with Gasteiger partial charge in [0.15, 0.2) is 5.71 Å². The molecule has 0 aromatic rings. The minimum Gasteiger partial charge on any atom is -0.294 e. The van der Waals surface area contributed by atoms with Crippen molar-refractivity contribution in [3.8, 4) is 0 Å². The van der Waals surface area contributed by atoms with Crippen molar-refractivity contribution in [3.63, 3.8) is 0 Å². The molecule has 0 atom stereocenters. The minimum atomic E-state index is -5.36. The van der Waals surface area contributed by atoms with Crippen LogP contribution in [0.1, 0.15) is 0 Å². The summed E-state index contributed by atoms with van der Waals surface area (Å²) in [4.78, 5) is 0. The van der Waals surface area contributed by atoms with Crippen LogP contribution < -0.4 is 0 Å². The van der Waals surface area contributed by atoms with Crippen LogP contribution in [0, 0.1) is 5.41 Å². The summed E-state index contributed by atoms with van der Waals surface area (Å²) in [6.07, 6.45) is -5.36. The zero-order valence-electron chi connectivity index (χ0n) is 4.27. The van der Waals surface area contributed by atoms with Gasteiger partial charge in [0.25, 0.3) is 0 Å². The summed E-state index contributed by atoms with van der Waals surface area (Å²) in [7, 11) is 0. The lowest BCUT2D eigenvalue weighted by Gasteiger charge is -2.11. The van der Waals surface area contributed by atoms with E-state index in [4.69, 9.17) is 5.41 Å². The van der Waals surface area contributed by atoms with Gasteiger partial charge in [-0.15, -0.1) is 0 Å². The lowest BCUT2D eigenvalue weighted by molar-refractivity contribution is -0.0721. The van der Waals surface area contributed by atoms with E-state index in [1.165, 1.54) is 0 Å². The van der Waals surface area contributed by atoms with Crippen molar-refractivity contribution in [2.45, 2.75) is 11.6 Å². The summed E-state index contributed by atoms with van der Waals surface area (Å²) >= 11 is 3.89. The number of hydrogen-bond acceptors (Lipinski definition) is 1. The molecule has 1 N–H and O–H groups in total. The van der Waals surface area contributed by atoms with E-state index in [0.717, 1.165) is 0 Å². The smallest absolute Gasteiger partial charge is 0.294 e. The summed E-state index contributed by atoms with van der Waals surface area (Å²) in [5.41, 5.74) is -2.75. The topological polar surface area (TPSA) is 23.9 Å². The molecule has 0 radical (unpaired) electrons. The van der Waals surface area contributed by atoms with E-state index in [1.807, 2.05) is 0 Å². The Bertz CT molecular complexity index is 128. The van der Waals surface area contributed by atoms with Crippen LogP contribution >= 0.6 is 11.6 Å². The molecule has 0 aliphatic carbocycles. The van der Waals surface area contributed by atoms with Crippen LogP contribution in [0.5, 0.6) is 0 Å². The molecular weight excluding hydrogens is 180 g/mol. The molecule has 0 aliphatic rings. The summed E-state index contributed by atoms with van der Waals surface area (Å²) in [5, 5.41) is 1.16. The first-order chi connectivity index (χ1) is 4.15. The van der Waals surface area contributed by atoms with Gasteiger partial charge in [-0.25, -0.2) is 0 Å². The third-order valence-electron chi connectivity index (χ3n) is 0.567. The molecule has 0 heterocycles. The molecule has 7 heteroatoms. The molecule has 0 rings (SSSR count). The van der Waals surface area contributed by atoms with Gasteiger partial charge in [0.1, 0.15) is 0 Å². The average molecular weight is 181 g/mol. The van der Waals surface area contributed by atoms with Gasteiger partial charge in [-0.05, 0) is 11.6 Å². The molecule has 0 saturated heterocycles. The fourth-order valence-corrected chi connectivity index (χ4v) is 0.268. The molecule has 0 fully saturated rings. The van der Waals surface area contributed by atoms with Gasteiger partial charge in [-0.2, -0.15) is 22.0 Å². The van der Waals surface area contributed by atoms with Gasteiger partial charge < -0.3 is 0 Å². The SMILES string of the molecule is N=C(C(F)(F)F)C(F)(F)Cl. The zero-order valence-corrected chi connectivity index (χ0v) is 5.02. The Kier molecular flexibility index (Phi) is 2.24. The molecule has 0 spiro atoms. The van der Waals surface area contributed by atoms with Gasteiger partial charge in [-0.3, -0.25) is 5.41 Å². The summed E-state index contributed by atoms with van der Waals surface area (Å²) in [5.74, 6) is 0. The summed E-state index contributed by atoms with van der Waals surface area (Å²) in [6, 6.07) is 0. The molecule has 60 valence electrons. The fourth-order valence-electron chi connectivity index (χ4n) is 0.161. The second-order valence-corrected chi connectivity index (χ2v) is 1.85. The quantitative estimate of drug-likeness (QED) is 0.365. The Morgan fingerprint density at radius 2 is 1.40 bits per heavy atom. The van der Waals surface area contributed by atoms with E-state index >= 15 is 0 Å². The Labute approximate surface area is 57.3 Å². The van der Waals surface area contributed by atoms with Crippen molar-refractivity contribution in [2.24, 2.45) is 0 Å². The molecule has 0 aromatic carbocycles. The number of halogens is 6. The third-order valence-corrected chi connectivity index (χ3v) is 0.756. The van der Waals surface area contributed by atoms with Crippen LogP contribution in [0.4, 0.5) is 22.0 Å². The van der Waals surface area contributed by atoms with E-state index < -0.39 is 17.3 Å². The summed E-state index contributed by atoms with van der Waals surface area (Å²) in [6.45, 7) is 0. The van der Waals surface area contributed by atoms with Crippen molar-refractivity contribution < 1.29 is 22.0 Å². The lowest BCUT2D eigenvalue weighted by atomic mass is 10.4. The van der Waals surface area contributed by atoms with E-state index in [9.17, 15) is 22.0 Å². The third kappa shape index (κ3) is 2.47. The summed E-state index contributed by atoms with van der Waals surface area (Å²) < 4.78 is 56.3. The molecule has 0 amide bonds. The molecular formula is C3HClF5N. The maximum atomic E-state index is 11.4. The average Bonchev–Trinajstić information content (AvgIpc) is 1.59. The lowest BCUT2D eigenvalue weighted by Crippen LogP contribution is -2.35. The van der Waals surface area contributed by atoms with Gasteiger partial charge in [0.05, 0.1) is 0 Å². The highest BCUT2D eigenvalue weighted by Gasteiger charge is 2.49. The molecule has 0 bridgehead atoms. The van der Waals surface area contributed by atoms with E-state index in [-0.39, 0.29) is 0 Å². The number of alkyl halides is 6. The maximum Gasteiger partial charge on any atom is 0.436 e. The number of nitrogens with one attached hydrogen (secondary N) is 1. The number of rotatable bonds is 1. The van der Waals surface area contributed by atoms with E-state index in [0.29, 0.717) is 0 Å². The largest absolute Gasteiger partial charge is 0.436 e. The second-order valence-electron chi connectivity index (χ2n) is 1.37. The predicted molar refractivity (Wildman–Crippen MR) is 24.6 cm³/mol. The van der Waals surface area contributed by atoms with Crippen LogP contribution in [0.15, 0.2) is 0 Å². The van der Waals surface area contributed by atoms with Crippen molar-refractivity contribution in [1.82, 2.24) is 0 Å². The van der Waals surface area contributed by atoms with Crippen LogP contribution in [0.2, 0.25) is 0 Å². The van der Waals surface area contributed by atoms with E-state index in [2.05, 4.69) is 11.6 Å². The van der Waals surface area contributed by atoms with Gasteiger partial charge >= 0.3 is 11.6 Å². The Morgan fingerprint density at radius 1 is 1.10 bits per heavy atom.